The van der Waals surface area contributed by atoms with Gasteiger partial charge in [-0.05, 0) is 55.0 Å². The Morgan fingerprint density at radius 2 is 1.90 bits per heavy atom. The summed E-state index contributed by atoms with van der Waals surface area (Å²) < 4.78 is 17.7. The molecule has 2 heterocycles. The van der Waals surface area contributed by atoms with Crippen LogP contribution in [-0.4, -0.2) is 24.4 Å². The molecule has 0 N–H and O–H groups in total. The molecule has 2 aliphatic heterocycles. The van der Waals surface area contributed by atoms with Crippen LogP contribution in [0.4, 0.5) is 0 Å². The number of nitrogens with zero attached hydrogens (tertiary/aromatic N) is 2. The number of hydrazone groups is 1. The predicted molar refractivity (Wildman–Crippen MR) is 121 cm³/mol. The summed E-state index contributed by atoms with van der Waals surface area (Å²) in [5, 5.41) is 7.71. The lowest BCUT2D eigenvalue weighted by molar-refractivity contribution is -0.0212. The molecule has 31 heavy (non-hydrogen) atoms. The summed E-state index contributed by atoms with van der Waals surface area (Å²) in [5.41, 5.74) is 4.12. The lowest BCUT2D eigenvalue weighted by atomic mass is 9.95. The van der Waals surface area contributed by atoms with Crippen molar-refractivity contribution in [2.45, 2.75) is 25.6 Å². The molecule has 3 aromatic rings. The van der Waals surface area contributed by atoms with Crippen LogP contribution in [0, 0.1) is 0 Å². The molecule has 5 nitrogen and oxygen atoms in total. The molecule has 0 aliphatic carbocycles. The number of benzene rings is 3. The average Bonchev–Trinajstić information content (AvgIpc) is 3.25. The molecule has 0 radical (unpaired) electrons. The van der Waals surface area contributed by atoms with Crippen molar-refractivity contribution in [2.24, 2.45) is 5.10 Å². The maximum Gasteiger partial charge on any atom is 0.214 e. The van der Waals surface area contributed by atoms with Crippen molar-refractivity contribution >= 4 is 17.3 Å². The molecule has 0 spiro atoms. The van der Waals surface area contributed by atoms with E-state index in [1.165, 1.54) is 0 Å². The van der Waals surface area contributed by atoms with E-state index in [1.807, 2.05) is 72.6 Å². The highest BCUT2D eigenvalue weighted by molar-refractivity contribution is 6.30. The van der Waals surface area contributed by atoms with Crippen molar-refractivity contribution in [3.8, 4) is 17.2 Å². The van der Waals surface area contributed by atoms with Gasteiger partial charge in [0.2, 0.25) is 6.23 Å². The molecule has 0 bridgehead atoms. The van der Waals surface area contributed by atoms with Crippen molar-refractivity contribution < 1.29 is 14.2 Å². The number of rotatable bonds is 5. The quantitative estimate of drug-likeness (QED) is 0.494. The third-order valence-corrected chi connectivity index (χ3v) is 5.87. The van der Waals surface area contributed by atoms with Crippen molar-refractivity contribution in [1.29, 1.82) is 0 Å². The van der Waals surface area contributed by atoms with Crippen molar-refractivity contribution in [2.75, 3.05) is 13.7 Å². The Morgan fingerprint density at radius 3 is 2.65 bits per heavy atom. The van der Waals surface area contributed by atoms with Crippen LogP contribution in [0.25, 0.3) is 0 Å². The second-order valence-electron chi connectivity index (χ2n) is 7.51. The maximum atomic E-state index is 6.51. The minimum absolute atomic E-state index is 0.0465. The molecule has 0 saturated heterocycles. The first-order valence-corrected chi connectivity index (χ1v) is 10.7. The highest BCUT2D eigenvalue weighted by Gasteiger charge is 2.42. The molecule has 0 amide bonds. The molecule has 0 aromatic heterocycles. The van der Waals surface area contributed by atoms with Gasteiger partial charge in [-0.25, -0.2) is 5.01 Å². The maximum absolute atomic E-state index is 6.51. The Morgan fingerprint density at radius 1 is 1.10 bits per heavy atom. The molecule has 0 fully saturated rings. The van der Waals surface area contributed by atoms with Crippen LogP contribution >= 0.6 is 11.6 Å². The molecule has 2 aliphatic rings. The number of hydrogen-bond acceptors (Lipinski definition) is 5. The minimum Gasteiger partial charge on any atom is -0.497 e. The van der Waals surface area contributed by atoms with Gasteiger partial charge in [0.1, 0.15) is 5.75 Å². The number of halogens is 1. The van der Waals surface area contributed by atoms with Gasteiger partial charge in [-0.15, -0.1) is 0 Å². The summed E-state index contributed by atoms with van der Waals surface area (Å²) in [4.78, 5) is 0. The van der Waals surface area contributed by atoms with Gasteiger partial charge in [0.05, 0.1) is 25.5 Å². The fourth-order valence-corrected chi connectivity index (χ4v) is 4.39. The van der Waals surface area contributed by atoms with E-state index < -0.39 is 6.23 Å². The molecule has 0 unspecified atom stereocenters. The Kier molecular flexibility index (Phi) is 5.20. The summed E-state index contributed by atoms with van der Waals surface area (Å²) in [7, 11) is 1.67. The Hall–Kier alpha value is -3.18. The number of hydrogen-bond donors (Lipinski definition) is 0. The first-order valence-electron chi connectivity index (χ1n) is 10.4. The number of ether oxygens (including phenoxy) is 3. The second kappa shape index (κ2) is 8.16. The van der Waals surface area contributed by atoms with Gasteiger partial charge in [-0.3, -0.25) is 0 Å². The normalized spacial score (nSPS) is 19.2. The van der Waals surface area contributed by atoms with E-state index in [1.54, 1.807) is 7.11 Å². The Labute approximate surface area is 186 Å². The third kappa shape index (κ3) is 3.59. The lowest BCUT2D eigenvalue weighted by Gasteiger charge is -2.38. The summed E-state index contributed by atoms with van der Waals surface area (Å²) in [6, 6.07) is 21.9. The van der Waals surface area contributed by atoms with E-state index >= 15 is 0 Å². The zero-order valence-corrected chi connectivity index (χ0v) is 18.2. The average molecular weight is 435 g/mol. The second-order valence-corrected chi connectivity index (χ2v) is 7.94. The monoisotopic (exact) mass is 434 g/mol. The molecule has 0 saturated carbocycles. The molecule has 2 atom stereocenters. The summed E-state index contributed by atoms with van der Waals surface area (Å²) in [5.74, 6) is 2.36. The fraction of sp³-hybridized carbons (Fsp3) is 0.240. The molecule has 3 aromatic carbocycles. The largest absolute Gasteiger partial charge is 0.497 e. The van der Waals surface area contributed by atoms with Crippen LogP contribution in [0.5, 0.6) is 17.2 Å². The van der Waals surface area contributed by atoms with Crippen molar-refractivity contribution in [3.05, 3.63) is 88.4 Å². The molecule has 5 rings (SSSR count). The summed E-state index contributed by atoms with van der Waals surface area (Å²) in [6.07, 6.45) is 0.378. The Balaban J connectivity index is 1.59. The van der Waals surface area contributed by atoms with Crippen LogP contribution in [0.2, 0.25) is 5.02 Å². The highest BCUT2D eigenvalue weighted by Crippen LogP contribution is 2.50. The number of fused-ring (bicyclic) bond motifs is 3. The smallest absolute Gasteiger partial charge is 0.214 e. The van der Waals surface area contributed by atoms with Gasteiger partial charge in [-0.2, -0.15) is 5.10 Å². The molecular formula is C25H23ClN2O3. The van der Waals surface area contributed by atoms with E-state index in [0.717, 1.165) is 46.1 Å². The van der Waals surface area contributed by atoms with Crippen LogP contribution < -0.4 is 14.2 Å². The van der Waals surface area contributed by atoms with E-state index in [-0.39, 0.29) is 6.04 Å². The van der Waals surface area contributed by atoms with Crippen molar-refractivity contribution in [1.82, 2.24) is 5.01 Å². The van der Waals surface area contributed by atoms with E-state index in [0.29, 0.717) is 11.6 Å². The Bertz CT molecular complexity index is 1130. The van der Waals surface area contributed by atoms with Gasteiger partial charge in [0.15, 0.2) is 11.5 Å². The van der Waals surface area contributed by atoms with Gasteiger partial charge in [-0.1, -0.05) is 35.9 Å². The number of para-hydroxylation sites is 1. The van der Waals surface area contributed by atoms with Gasteiger partial charge in [0, 0.05) is 22.6 Å². The molecule has 158 valence electrons. The first-order chi connectivity index (χ1) is 15.2. The standard InChI is InChI=1S/C25H23ClN2O3/c1-3-30-23-9-5-8-20-22-15-21(16-10-12-19(29-2)13-11-16)27-28(22)25(31-24(20)23)17-6-4-7-18(26)14-17/h4-14,22,25H,3,15H2,1-2H3/t22-,25+/m1/s1. The van der Waals surface area contributed by atoms with Gasteiger partial charge < -0.3 is 14.2 Å². The summed E-state index contributed by atoms with van der Waals surface area (Å²) in [6.45, 7) is 2.55. The predicted octanol–water partition coefficient (Wildman–Crippen LogP) is 5.99. The third-order valence-electron chi connectivity index (χ3n) is 5.64. The molecule has 6 heteroatoms. The van der Waals surface area contributed by atoms with Crippen LogP contribution in [0.15, 0.2) is 71.8 Å². The van der Waals surface area contributed by atoms with Crippen LogP contribution in [0.1, 0.15) is 42.3 Å². The zero-order chi connectivity index (χ0) is 21.4. The lowest BCUT2D eigenvalue weighted by Crippen LogP contribution is -2.33. The molecular weight excluding hydrogens is 412 g/mol. The minimum atomic E-state index is -0.395. The van der Waals surface area contributed by atoms with E-state index in [4.69, 9.17) is 30.9 Å². The van der Waals surface area contributed by atoms with Gasteiger partial charge >= 0.3 is 0 Å². The fourth-order valence-electron chi connectivity index (χ4n) is 4.19. The van der Waals surface area contributed by atoms with Crippen molar-refractivity contribution in [3.63, 3.8) is 0 Å². The van der Waals surface area contributed by atoms with Crippen LogP contribution in [-0.2, 0) is 0 Å². The number of methoxy groups -OCH3 is 1. The van der Waals surface area contributed by atoms with E-state index in [2.05, 4.69) is 6.07 Å². The van der Waals surface area contributed by atoms with E-state index in [9.17, 15) is 0 Å². The van der Waals surface area contributed by atoms with Gasteiger partial charge in [0.25, 0.3) is 0 Å². The SMILES string of the molecule is CCOc1cccc2c1O[C@@H](c1cccc(Cl)c1)N1N=C(c3ccc(OC)cc3)C[C@H]21. The van der Waals surface area contributed by atoms with Crippen LogP contribution in [0.3, 0.4) is 0 Å². The topological polar surface area (TPSA) is 43.3 Å². The zero-order valence-electron chi connectivity index (χ0n) is 17.4. The summed E-state index contributed by atoms with van der Waals surface area (Å²) >= 11 is 6.29. The first kappa shape index (κ1) is 19.8. The highest BCUT2D eigenvalue weighted by atomic mass is 35.5.